The molecule has 0 spiro atoms. The van der Waals surface area contributed by atoms with Crippen LogP contribution in [0.3, 0.4) is 0 Å². The summed E-state index contributed by atoms with van der Waals surface area (Å²) in [4.78, 5) is 0.295. The topological polar surface area (TPSA) is 72.6 Å². The molecule has 1 aliphatic heterocycles. The van der Waals surface area contributed by atoms with Crippen LogP contribution in [0, 0.1) is 12.8 Å². The van der Waals surface area contributed by atoms with Gasteiger partial charge in [0.2, 0.25) is 10.0 Å². The largest absolute Gasteiger partial charge is 0.399 e. The van der Waals surface area contributed by atoms with Gasteiger partial charge in [-0.1, -0.05) is 0 Å². The Morgan fingerprint density at radius 3 is 2.80 bits per heavy atom. The van der Waals surface area contributed by atoms with Crippen LogP contribution < -0.4 is 5.73 Å². The fourth-order valence-electron chi connectivity index (χ4n) is 2.40. The first kappa shape index (κ1) is 15.3. The number of benzene rings is 1. The lowest BCUT2D eigenvalue weighted by atomic mass is 10.0. The minimum atomic E-state index is -3.46. The molecule has 1 aromatic carbocycles. The number of nitrogen functional groups attached to an aromatic ring is 1. The number of hydrogen-bond acceptors (Lipinski definition) is 4. The monoisotopic (exact) mass is 298 g/mol. The van der Waals surface area contributed by atoms with E-state index >= 15 is 0 Å². The second-order valence-electron chi connectivity index (χ2n) is 5.39. The number of nitrogens with zero attached hydrogens (tertiary/aromatic N) is 1. The number of ether oxygens (including phenoxy) is 1. The lowest BCUT2D eigenvalue weighted by Crippen LogP contribution is -2.35. The summed E-state index contributed by atoms with van der Waals surface area (Å²) in [5, 5.41) is 0. The van der Waals surface area contributed by atoms with E-state index in [4.69, 9.17) is 10.5 Å². The first-order valence-corrected chi connectivity index (χ1v) is 8.25. The molecule has 0 saturated carbocycles. The quantitative estimate of drug-likeness (QED) is 0.857. The molecule has 1 aliphatic rings. The Morgan fingerprint density at radius 1 is 1.45 bits per heavy atom. The van der Waals surface area contributed by atoms with Gasteiger partial charge in [-0.25, -0.2) is 12.7 Å². The van der Waals surface area contributed by atoms with Crippen molar-refractivity contribution in [2.45, 2.75) is 24.7 Å². The SMILES string of the molecule is Cc1cc(S(=O)(=O)N(C)CC2CCCOC2)ccc1N. The predicted molar refractivity (Wildman–Crippen MR) is 79.0 cm³/mol. The standard InChI is InChI=1S/C14H22N2O3S/c1-11-8-13(5-6-14(11)15)20(17,18)16(2)9-12-4-3-7-19-10-12/h5-6,8,12H,3-4,7,9-10,15H2,1-2H3. The van der Waals surface area contributed by atoms with E-state index in [-0.39, 0.29) is 5.92 Å². The lowest BCUT2D eigenvalue weighted by molar-refractivity contribution is 0.0495. The summed E-state index contributed by atoms with van der Waals surface area (Å²) in [6.45, 7) is 3.72. The Kier molecular flexibility index (Phi) is 4.67. The molecule has 2 rings (SSSR count). The first-order valence-electron chi connectivity index (χ1n) is 6.81. The summed E-state index contributed by atoms with van der Waals surface area (Å²) in [5.74, 6) is 0.276. The fourth-order valence-corrected chi connectivity index (χ4v) is 3.73. The second kappa shape index (κ2) is 6.11. The van der Waals surface area contributed by atoms with Crippen LogP contribution in [-0.2, 0) is 14.8 Å². The highest BCUT2D eigenvalue weighted by Gasteiger charge is 2.25. The Balaban J connectivity index is 2.13. The van der Waals surface area contributed by atoms with Gasteiger partial charge in [-0.15, -0.1) is 0 Å². The van der Waals surface area contributed by atoms with Crippen LogP contribution in [0.15, 0.2) is 23.1 Å². The molecule has 0 amide bonds. The summed E-state index contributed by atoms with van der Waals surface area (Å²) in [5.41, 5.74) is 7.11. The molecule has 1 unspecified atom stereocenters. The van der Waals surface area contributed by atoms with Gasteiger partial charge in [0.25, 0.3) is 0 Å². The van der Waals surface area contributed by atoms with Gasteiger partial charge in [0.1, 0.15) is 0 Å². The molecule has 1 heterocycles. The minimum Gasteiger partial charge on any atom is -0.399 e. The van der Waals surface area contributed by atoms with E-state index in [9.17, 15) is 8.42 Å². The summed E-state index contributed by atoms with van der Waals surface area (Å²) >= 11 is 0. The molecule has 0 bridgehead atoms. The van der Waals surface area contributed by atoms with E-state index in [1.54, 1.807) is 25.2 Å². The van der Waals surface area contributed by atoms with Crippen LogP contribution >= 0.6 is 0 Å². The van der Waals surface area contributed by atoms with E-state index in [1.165, 1.54) is 4.31 Å². The smallest absolute Gasteiger partial charge is 0.242 e. The van der Waals surface area contributed by atoms with Gasteiger partial charge in [-0.3, -0.25) is 0 Å². The molecule has 0 aliphatic carbocycles. The van der Waals surface area contributed by atoms with Gasteiger partial charge in [-0.2, -0.15) is 0 Å². The third-order valence-electron chi connectivity index (χ3n) is 3.72. The van der Waals surface area contributed by atoms with Gasteiger partial charge >= 0.3 is 0 Å². The highest BCUT2D eigenvalue weighted by Crippen LogP contribution is 2.22. The molecule has 112 valence electrons. The van der Waals surface area contributed by atoms with Crippen LogP contribution in [0.1, 0.15) is 18.4 Å². The molecule has 0 aromatic heterocycles. The molecule has 20 heavy (non-hydrogen) atoms. The molecule has 0 radical (unpaired) electrons. The molecule has 1 saturated heterocycles. The zero-order valence-corrected chi connectivity index (χ0v) is 12.8. The normalized spacial score (nSPS) is 20.2. The molecular weight excluding hydrogens is 276 g/mol. The van der Waals surface area contributed by atoms with Gasteiger partial charge in [0.05, 0.1) is 11.5 Å². The summed E-state index contributed by atoms with van der Waals surface area (Å²) < 4.78 is 31.8. The Bertz CT molecular complexity index is 566. The third-order valence-corrected chi connectivity index (χ3v) is 5.54. The van der Waals surface area contributed by atoms with Crippen molar-refractivity contribution in [3.05, 3.63) is 23.8 Å². The van der Waals surface area contributed by atoms with Crippen LogP contribution in [0.25, 0.3) is 0 Å². The fraction of sp³-hybridized carbons (Fsp3) is 0.571. The van der Waals surface area contributed by atoms with Crippen LogP contribution in [0.2, 0.25) is 0 Å². The zero-order valence-electron chi connectivity index (χ0n) is 12.0. The number of nitrogens with two attached hydrogens (primary N) is 1. The van der Waals surface area contributed by atoms with E-state index in [0.29, 0.717) is 23.7 Å². The predicted octanol–water partition coefficient (Wildman–Crippen LogP) is 1.62. The van der Waals surface area contributed by atoms with E-state index in [1.807, 2.05) is 6.92 Å². The molecule has 6 heteroatoms. The molecule has 1 atom stereocenters. The van der Waals surface area contributed by atoms with Crippen molar-refractivity contribution in [3.8, 4) is 0 Å². The molecule has 1 aromatic rings. The van der Waals surface area contributed by atoms with Crippen LogP contribution in [-0.4, -0.2) is 39.5 Å². The van der Waals surface area contributed by atoms with Crippen LogP contribution in [0.4, 0.5) is 5.69 Å². The van der Waals surface area contributed by atoms with Crippen LogP contribution in [0.5, 0.6) is 0 Å². The maximum Gasteiger partial charge on any atom is 0.242 e. The van der Waals surface area contributed by atoms with E-state index < -0.39 is 10.0 Å². The first-order chi connectivity index (χ1) is 9.41. The van der Waals surface area contributed by atoms with Crippen molar-refractivity contribution in [2.24, 2.45) is 5.92 Å². The molecule has 1 fully saturated rings. The number of sulfonamides is 1. The van der Waals surface area contributed by atoms with Crippen molar-refractivity contribution < 1.29 is 13.2 Å². The average molecular weight is 298 g/mol. The Labute approximate surface area is 120 Å². The number of anilines is 1. The van der Waals surface area contributed by atoms with Crippen molar-refractivity contribution in [1.82, 2.24) is 4.31 Å². The third kappa shape index (κ3) is 3.31. The Morgan fingerprint density at radius 2 is 2.20 bits per heavy atom. The van der Waals surface area contributed by atoms with E-state index in [2.05, 4.69) is 0 Å². The maximum absolute atomic E-state index is 12.5. The zero-order chi connectivity index (χ0) is 14.8. The van der Waals surface area contributed by atoms with Crippen molar-refractivity contribution in [3.63, 3.8) is 0 Å². The number of rotatable bonds is 4. The van der Waals surface area contributed by atoms with Gasteiger partial charge in [0, 0.05) is 25.9 Å². The average Bonchev–Trinajstić information content (AvgIpc) is 2.42. The second-order valence-corrected chi connectivity index (χ2v) is 7.43. The van der Waals surface area contributed by atoms with E-state index in [0.717, 1.165) is 25.0 Å². The van der Waals surface area contributed by atoms with Gasteiger partial charge in [-0.05, 0) is 49.4 Å². The molecular formula is C14H22N2O3S. The van der Waals surface area contributed by atoms with Crippen molar-refractivity contribution >= 4 is 15.7 Å². The van der Waals surface area contributed by atoms with Gasteiger partial charge in [0.15, 0.2) is 0 Å². The maximum atomic E-state index is 12.5. The number of hydrogen-bond donors (Lipinski definition) is 1. The highest BCUT2D eigenvalue weighted by molar-refractivity contribution is 7.89. The summed E-state index contributed by atoms with van der Waals surface area (Å²) in [6, 6.07) is 4.82. The molecule has 2 N–H and O–H groups in total. The minimum absolute atomic E-state index is 0.276. The number of aryl methyl sites for hydroxylation is 1. The highest BCUT2D eigenvalue weighted by atomic mass is 32.2. The van der Waals surface area contributed by atoms with Gasteiger partial charge < -0.3 is 10.5 Å². The lowest BCUT2D eigenvalue weighted by Gasteiger charge is -2.26. The summed E-state index contributed by atoms with van der Waals surface area (Å²) in [7, 11) is -1.83. The van der Waals surface area contributed by atoms with Crippen molar-refractivity contribution in [1.29, 1.82) is 0 Å². The van der Waals surface area contributed by atoms with Crippen molar-refractivity contribution in [2.75, 3.05) is 32.5 Å². The Hall–Kier alpha value is -1.11. The molecule has 5 nitrogen and oxygen atoms in total. The summed E-state index contributed by atoms with van der Waals surface area (Å²) in [6.07, 6.45) is 2.01.